The van der Waals surface area contributed by atoms with Crippen LogP contribution in [0.4, 0.5) is 5.69 Å². The third-order valence-electron chi connectivity index (χ3n) is 3.88. The van der Waals surface area contributed by atoms with Gasteiger partial charge in [-0.3, -0.25) is 9.59 Å². The summed E-state index contributed by atoms with van der Waals surface area (Å²) in [5, 5.41) is 0.00178. The summed E-state index contributed by atoms with van der Waals surface area (Å²) in [6.07, 6.45) is 2.12. The van der Waals surface area contributed by atoms with E-state index >= 15 is 0 Å². The summed E-state index contributed by atoms with van der Waals surface area (Å²) in [4.78, 5) is 28.6. The van der Waals surface area contributed by atoms with E-state index in [2.05, 4.69) is 4.98 Å². The fourth-order valence-corrected chi connectivity index (χ4v) is 2.75. The van der Waals surface area contributed by atoms with E-state index in [1.807, 2.05) is 60.7 Å². The Hall–Kier alpha value is -2.85. The number of H-pyrrole nitrogens is 1. The molecule has 1 N–H and O–H groups in total. The van der Waals surface area contributed by atoms with Crippen molar-refractivity contribution in [1.82, 2.24) is 4.98 Å². The number of nitrogens with zero attached hydrogens (tertiary/aromatic N) is 1. The number of carbonyl (C=O) groups excluding carboxylic acids is 1. The van der Waals surface area contributed by atoms with Crippen molar-refractivity contribution in [3.63, 3.8) is 0 Å². The van der Waals surface area contributed by atoms with Crippen LogP contribution in [0.3, 0.4) is 0 Å². The number of nitrogens with one attached hydrogen (secondary N) is 1. The zero-order valence-corrected chi connectivity index (χ0v) is 14.2. The summed E-state index contributed by atoms with van der Waals surface area (Å²) in [5.41, 5.74) is 1.89. The molecule has 0 saturated carbocycles. The van der Waals surface area contributed by atoms with Crippen LogP contribution in [0.1, 0.15) is 15.9 Å². The third kappa shape index (κ3) is 4.17. The minimum absolute atomic E-state index is 0.00178. The largest absolute Gasteiger partial charge is 0.327 e. The van der Waals surface area contributed by atoms with Gasteiger partial charge in [0, 0.05) is 18.4 Å². The van der Waals surface area contributed by atoms with Crippen molar-refractivity contribution in [3.8, 4) is 0 Å². The van der Waals surface area contributed by atoms with Crippen LogP contribution in [0.25, 0.3) is 0 Å². The van der Waals surface area contributed by atoms with E-state index in [4.69, 9.17) is 11.6 Å². The van der Waals surface area contributed by atoms with Crippen LogP contribution < -0.4 is 10.5 Å². The smallest absolute Gasteiger partial charge is 0.266 e. The first kappa shape index (κ1) is 17.0. The van der Waals surface area contributed by atoms with E-state index in [9.17, 15) is 9.59 Å². The molecule has 3 rings (SSSR count). The fourth-order valence-electron chi connectivity index (χ4n) is 2.58. The lowest BCUT2D eigenvalue weighted by molar-refractivity contribution is 0.0987. The van der Waals surface area contributed by atoms with Crippen LogP contribution in [-0.4, -0.2) is 17.4 Å². The van der Waals surface area contributed by atoms with Crippen LogP contribution in [0.5, 0.6) is 0 Å². The number of pyridine rings is 1. The van der Waals surface area contributed by atoms with Gasteiger partial charge in [-0.1, -0.05) is 60.1 Å². The summed E-state index contributed by atoms with van der Waals surface area (Å²) in [5.74, 6) is -0.208. The molecule has 3 aromatic rings. The van der Waals surface area contributed by atoms with E-state index in [1.165, 1.54) is 12.3 Å². The van der Waals surface area contributed by atoms with Crippen LogP contribution in [-0.2, 0) is 6.42 Å². The van der Waals surface area contributed by atoms with E-state index in [-0.39, 0.29) is 10.9 Å². The number of aromatic nitrogens is 1. The molecule has 1 aromatic heterocycles. The summed E-state index contributed by atoms with van der Waals surface area (Å²) in [7, 11) is 0. The number of para-hydroxylation sites is 1. The van der Waals surface area contributed by atoms with Gasteiger partial charge in [0.05, 0.1) is 5.56 Å². The van der Waals surface area contributed by atoms with Gasteiger partial charge in [0.2, 0.25) is 0 Å². The van der Waals surface area contributed by atoms with E-state index in [1.54, 1.807) is 4.90 Å². The van der Waals surface area contributed by atoms with E-state index in [0.717, 1.165) is 17.7 Å². The lowest BCUT2D eigenvalue weighted by Gasteiger charge is -2.23. The maximum absolute atomic E-state index is 13.0. The Kier molecular flexibility index (Phi) is 5.31. The number of aromatic amines is 1. The number of carbonyl (C=O) groups is 1. The molecule has 0 aliphatic carbocycles. The Bertz CT molecular complexity index is 908. The number of hydrogen-bond donors (Lipinski definition) is 1. The minimum Gasteiger partial charge on any atom is -0.327 e. The molecule has 0 bridgehead atoms. The number of benzene rings is 2. The first-order valence-corrected chi connectivity index (χ1v) is 8.32. The molecule has 1 heterocycles. The van der Waals surface area contributed by atoms with Crippen molar-refractivity contribution in [2.24, 2.45) is 0 Å². The average Bonchev–Trinajstić information content (AvgIpc) is 2.66. The highest BCUT2D eigenvalue weighted by Gasteiger charge is 2.18. The van der Waals surface area contributed by atoms with Crippen molar-refractivity contribution >= 4 is 23.2 Å². The van der Waals surface area contributed by atoms with Gasteiger partial charge in [-0.25, -0.2) is 0 Å². The Morgan fingerprint density at radius 2 is 1.64 bits per heavy atom. The molecule has 0 radical (unpaired) electrons. The van der Waals surface area contributed by atoms with Gasteiger partial charge in [-0.2, -0.15) is 0 Å². The van der Waals surface area contributed by atoms with Gasteiger partial charge in [0.15, 0.2) is 0 Å². The summed E-state index contributed by atoms with van der Waals surface area (Å²) >= 11 is 5.87. The molecule has 126 valence electrons. The van der Waals surface area contributed by atoms with Crippen LogP contribution in [0.15, 0.2) is 77.7 Å². The highest BCUT2D eigenvalue weighted by atomic mass is 35.5. The second-order valence-electron chi connectivity index (χ2n) is 5.59. The van der Waals surface area contributed by atoms with Crippen molar-refractivity contribution in [3.05, 3.63) is 99.4 Å². The van der Waals surface area contributed by atoms with Crippen molar-refractivity contribution in [2.45, 2.75) is 6.42 Å². The number of rotatable bonds is 5. The van der Waals surface area contributed by atoms with E-state index < -0.39 is 5.56 Å². The van der Waals surface area contributed by atoms with Crippen molar-refractivity contribution in [2.75, 3.05) is 11.4 Å². The zero-order chi connectivity index (χ0) is 17.6. The standard InChI is InChI=1S/C20H17ClN2O2/c21-18-13-16(14-22-19(18)24)20(25)23(17-9-5-2-6-10-17)12-11-15-7-3-1-4-8-15/h1-10,13-14H,11-12H2,(H,22,24). The monoisotopic (exact) mass is 352 g/mol. The Labute approximate surface area is 150 Å². The lowest BCUT2D eigenvalue weighted by atomic mass is 10.1. The van der Waals surface area contributed by atoms with Gasteiger partial charge in [-0.15, -0.1) is 0 Å². The summed E-state index contributed by atoms with van der Waals surface area (Å²) < 4.78 is 0. The molecule has 0 fully saturated rings. The molecule has 0 unspecified atom stereocenters. The predicted molar refractivity (Wildman–Crippen MR) is 100 cm³/mol. The average molecular weight is 353 g/mol. The molecule has 1 amide bonds. The normalized spacial score (nSPS) is 10.4. The van der Waals surface area contributed by atoms with Gasteiger partial charge in [-0.05, 0) is 30.2 Å². The molecule has 0 spiro atoms. The molecule has 0 aliphatic heterocycles. The predicted octanol–water partition coefficient (Wildman–Crippen LogP) is 3.92. The molecule has 2 aromatic carbocycles. The number of halogens is 1. The van der Waals surface area contributed by atoms with Crippen molar-refractivity contribution in [1.29, 1.82) is 0 Å². The Balaban J connectivity index is 1.89. The summed E-state index contributed by atoms with van der Waals surface area (Å²) in [6, 6.07) is 20.8. The zero-order valence-electron chi connectivity index (χ0n) is 13.5. The van der Waals surface area contributed by atoms with Crippen LogP contribution >= 0.6 is 11.6 Å². The molecule has 0 aliphatic rings. The van der Waals surface area contributed by atoms with Crippen LogP contribution in [0.2, 0.25) is 5.02 Å². The minimum atomic E-state index is -0.409. The quantitative estimate of drug-likeness (QED) is 0.756. The topological polar surface area (TPSA) is 53.2 Å². The molecule has 4 nitrogen and oxygen atoms in total. The number of hydrogen-bond acceptors (Lipinski definition) is 2. The SMILES string of the molecule is O=C(c1c[nH]c(=O)c(Cl)c1)N(CCc1ccccc1)c1ccccc1. The van der Waals surface area contributed by atoms with Gasteiger partial charge >= 0.3 is 0 Å². The maximum Gasteiger partial charge on any atom is 0.266 e. The second-order valence-corrected chi connectivity index (χ2v) is 6.00. The third-order valence-corrected chi connectivity index (χ3v) is 4.17. The highest BCUT2D eigenvalue weighted by molar-refractivity contribution is 6.30. The van der Waals surface area contributed by atoms with E-state index in [0.29, 0.717) is 12.1 Å². The fraction of sp³-hybridized carbons (Fsp3) is 0.100. The van der Waals surface area contributed by atoms with Gasteiger partial charge < -0.3 is 9.88 Å². The Morgan fingerprint density at radius 3 is 2.28 bits per heavy atom. The lowest BCUT2D eigenvalue weighted by Crippen LogP contribution is -2.33. The van der Waals surface area contributed by atoms with Crippen LogP contribution in [0, 0.1) is 0 Å². The maximum atomic E-state index is 13.0. The molecular formula is C20H17ClN2O2. The first-order valence-electron chi connectivity index (χ1n) is 7.94. The molecule has 25 heavy (non-hydrogen) atoms. The van der Waals surface area contributed by atoms with Gasteiger partial charge in [0.25, 0.3) is 11.5 Å². The number of amides is 1. The molecular weight excluding hydrogens is 336 g/mol. The highest BCUT2D eigenvalue weighted by Crippen LogP contribution is 2.18. The number of anilines is 1. The second kappa shape index (κ2) is 7.81. The van der Waals surface area contributed by atoms with Gasteiger partial charge in [0.1, 0.15) is 5.02 Å². The Morgan fingerprint density at radius 1 is 1.00 bits per heavy atom. The summed E-state index contributed by atoms with van der Waals surface area (Å²) in [6.45, 7) is 0.517. The van der Waals surface area contributed by atoms with Crippen molar-refractivity contribution < 1.29 is 4.79 Å². The molecule has 5 heteroatoms. The molecule has 0 saturated heterocycles. The molecule has 0 atom stereocenters. The first-order chi connectivity index (χ1) is 12.1.